The number of amides is 1. The highest BCUT2D eigenvalue weighted by atomic mass is 32.1. The second kappa shape index (κ2) is 7.16. The lowest BCUT2D eigenvalue weighted by atomic mass is 10.2. The van der Waals surface area contributed by atoms with E-state index in [4.69, 9.17) is 10.5 Å². The van der Waals surface area contributed by atoms with Gasteiger partial charge in [0, 0.05) is 23.2 Å². The summed E-state index contributed by atoms with van der Waals surface area (Å²) in [4.78, 5) is 16.2. The number of ether oxygens (including phenoxy) is 1. The summed E-state index contributed by atoms with van der Waals surface area (Å²) in [7, 11) is 0. The maximum Gasteiger partial charge on any atom is 0.275 e. The van der Waals surface area contributed by atoms with Crippen molar-refractivity contribution in [2.24, 2.45) is 5.73 Å². The first-order valence-electron chi connectivity index (χ1n) is 6.50. The third-order valence-corrected chi connectivity index (χ3v) is 3.62. The Bertz CT molecular complexity index is 628. The van der Waals surface area contributed by atoms with Crippen molar-refractivity contribution in [3.05, 3.63) is 39.8 Å². The minimum atomic E-state index is -0.306. The van der Waals surface area contributed by atoms with Gasteiger partial charge < -0.3 is 20.9 Å². The van der Waals surface area contributed by atoms with E-state index in [0.717, 1.165) is 0 Å². The zero-order valence-corrected chi connectivity index (χ0v) is 12.4. The molecule has 0 aliphatic rings. The summed E-state index contributed by atoms with van der Waals surface area (Å²) in [5, 5.41) is 14.5. The highest BCUT2D eigenvalue weighted by molar-refractivity contribution is 7.09. The number of aliphatic hydroxyl groups is 1. The first-order chi connectivity index (χ1) is 10.2. The molecule has 4 N–H and O–H groups in total. The highest BCUT2D eigenvalue weighted by Crippen LogP contribution is 2.23. The van der Waals surface area contributed by atoms with Gasteiger partial charge >= 0.3 is 0 Å². The summed E-state index contributed by atoms with van der Waals surface area (Å²) in [5.41, 5.74) is 7.01. The summed E-state index contributed by atoms with van der Waals surface area (Å²) in [6.45, 7) is 2.54. The SMILES string of the molecule is CCOc1ccc(NC(=O)c2csc(CN)n2)cc1CO. The molecule has 0 radical (unpaired) electrons. The van der Waals surface area contributed by atoms with Gasteiger partial charge in [0.15, 0.2) is 0 Å². The van der Waals surface area contributed by atoms with Crippen LogP contribution in [0.4, 0.5) is 5.69 Å². The average molecular weight is 307 g/mol. The topological polar surface area (TPSA) is 97.5 Å². The second-order valence-electron chi connectivity index (χ2n) is 4.20. The molecule has 0 aliphatic carbocycles. The number of nitrogens with zero attached hydrogens (tertiary/aromatic N) is 1. The van der Waals surface area contributed by atoms with E-state index >= 15 is 0 Å². The molecule has 1 aromatic carbocycles. The van der Waals surface area contributed by atoms with Gasteiger partial charge in [-0.05, 0) is 25.1 Å². The molecule has 1 heterocycles. The van der Waals surface area contributed by atoms with Gasteiger partial charge in [0.2, 0.25) is 0 Å². The van der Waals surface area contributed by atoms with Crippen molar-refractivity contribution in [1.29, 1.82) is 0 Å². The summed E-state index contributed by atoms with van der Waals surface area (Å²) in [5.74, 6) is 0.302. The molecule has 0 unspecified atom stereocenters. The van der Waals surface area contributed by atoms with Crippen LogP contribution in [-0.4, -0.2) is 22.6 Å². The molecule has 0 aliphatic heterocycles. The molecule has 0 fully saturated rings. The summed E-state index contributed by atoms with van der Waals surface area (Å²) in [6.07, 6.45) is 0. The molecule has 1 aromatic heterocycles. The van der Waals surface area contributed by atoms with Crippen LogP contribution in [0.1, 0.15) is 28.0 Å². The van der Waals surface area contributed by atoms with Crippen molar-refractivity contribution in [3.63, 3.8) is 0 Å². The third kappa shape index (κ3) is 3.78. The molecular weight excluding hydrogens is 290 g/mol. The molecule has 2 rings (SSSR count). The normalized spacial score (nSPS) is 10.4. The van der Waals surface area contributed by atoms with Gasteiger partial charge in [-0.15, -0.1) is 11.3 Å². The number of benzene rings is 1. The number of aliphatic hydroxyl groups excluding tert-OH is 1. The third-order valence-electron chi connectivity index (χ3n) is 2.75. The van der Waals surface area contributed by atoms with Crippen molar-refractivity contribution >= 4 is 22.9 Å². The molecule has 0 bridgehead atoms. The van der Waals surface area contributed by atoms with Gasteiger partial charge in [0.1, 0.15) is 16.5 Å². The number of anilines is 1. The lowest BCUT2D eigenvalue weighted by Crippen LogP contribution is -2.13. The Labute approximate surface area is 126 Å². The number of nitrogens with two attached hydrogens (primary N) is 1. The van der Waals surface area contributed by atoms with Crippen molar-refractivity contribution in [1.82, 2.24) is 4.98 Å². The number of rotatable bonds is 6. The van der Waals surface area contributed by atoms with E-state index in [1.165, 1.54) is 11.3 Å². The highest BCUT2D eigenvalue weighted by Gasteiger charge is 2.12. The van der Waals surface area contributed by atoms with Crippen LogP contribution >= 0.6 is 11.3 Å². The Hall–Kier alpha value is -1.96. The van der Waals surface area contributed by atoms with Crippen LogP contribution in [0.2, 0.25) is 0 Å². The van der Waals surface area contributed by atoms with Gasteiger partial charge in [-0.1, -0.05) is 0 Å². The number of aromatic nitrogens is 1. The quantitative estimate of drug-likeness (QED) is 0.755. The van der Waals surface area contributed by atoms with Crippen LogP contribution < -0.4 is 15.8 Å². The zero-order chi connectivity index (χ0) is 15.2. The van der Waals surface area contributed by atoms with Crippen LogP contribution in [0.5, 0.6) is 5.75 Å². The van der Waals surface area contributed by atoms with Crippen molar-refractivity contribution < 1.29 is 14.6 Å². The molecule has 0 atom stereocenters. The Kier molecular flexibility index (Phi) is 5.26. The smallest absolute Gasteiger partial charge is 0.275 e. The van der Waals surface area contributed by atoms with E-state index in [1.807, 2.05) is 6.92 Å². The van der Waals surface area contributed by atoms with E-state index in [-0.39, 0.29) is 12.5 Å². The minimum Gasteiger partial charge on any atom is -0.494 e. The van der Waals surface area contributed by atoms with Crippen molar-refractivity contribution in [2.75, 3.05) is 11.9 Å². The number of carbonyl (C=O) groups is 1. The first kappa shape index (κ1) is 15.4. The maximum absolute atomic E-state index is 12.1. The lowest BCUT2D eigenvalue weighted by Gasteiger charge is -2.10. The monoisotopic (exact) mass is 307 g/mol. The largest absolute Gasteiger partial charge is 0.494 e. The fourth-order valence-corrected chi connectivity index (χ4v) is 2.44. The fraction of sp³-hybridized carbons (Fsp3) is 0.286. The molecule has 112 valence electrons. The van der Waals surface area contributed by atoms with E-state index in [9.17, 15) is 9.90 Å². The number of hydrogen-bond acceptors (Lipinski definition) is 6. The van der Waals surface area contributed by atoms with Gasteiger partial charge in [-0.2, -0.15) is 0 Å². The van der Waals surface area contributed by atoms with Gasteiger partial charge in [0.25, 0.3) is 5.91 Å². The standard InChI is InChI=1S/C14H17N3O3S/c1-2-20-12-4-3-10(5-9(12)7-18)16-14(19)11-8-21-13(6-15)17-11/h3-5,8,18H,2,6-7,15H2,1H3,(H,16,19). The zero-order valence-electron chi connectivity index (χ0n) is 11.6. The number of nitrogens with one attached hydrogen (secondary N) is 1. The molecule has 0 spiro atoms. The van der Waals surface area contributed by atoms with Crippen LogP contribution in [0, 0.1) is 0 Å². The van der Waals surface area contributed by atoms with E-state index in [2.05, 4.69) is 10.3 Å². The molecule has 2 aromatic rings. The first-order valence-corrected chi connectivity index (χ1v) is 7.38. The summed E-state index contributed by atoms with van der Waals surface area (Å²) < 4.78 is 5.39. The number of hydrogen-bond donors (Lipinski definition) is 3. The van der Waals surface area contributed by atoms with Crippen molar-refractivity contribution in [2.45, 2.75) is 20.1 Å². The minimum absolute atomic E-state index is 0.160. The van der Waals surface area contributed by atoms with E-state index < -0.39 is 0 Å². The molecule has 7 heteroatoms. The maximum atomic E-state index is 12.1. The van der Waals surface area contributed by atoms with Gasteiger partial charge in [0.05, 0.1) is 13.2 Å². The van der Waals surface area contributed by atoms with E-state index in [1.54, 1.807) is 23.6 Å². The molecule has 0 saturated heterocycles. The molecule has 6 nitrogen and oxygen atoms in total. The predicted octanol–water partition coefficient (Wildman–Crippen LogP) is 1.75. The Morgan fingerprint density at radius 2 is 2.33 bits per heavy atom. The van der Waals surface area contributed by atoms with E-state index in [0.29, 0.717) is 40.9 Å². The molecular formula is C14H17N3O3S. The average Bonchev–Trinajstić information content (AvgIpc) is 2.98. The lowest BCUT2D eigenvalue weighted by molar-refractivity contribution is 0.102. The molecule has 0 saturated carbocycles. The second-order valence-corrected chi connectivity index (χ2v) is 5.14. The molecule has 21 heavy (non-hydrogen) atoms. The fourth-order valence-electron chi connectivity index (χ4n) is 1.78. The molecule has 1 amide bonds. The summed E-state index contributed by atoms with van der Waals surface area (Å²) in [6, 6.07) is 5.12. The van der Waals surface area contributed by atoms with Crippen LogP contribution in [0.3, 0.4) is 0 Å². The Morgan fingerprint density at radius 3 is 2.95 bits per heavy atom. The predicted molar refractivity (Wildman–Crippen MR) is 81.5 cm³/mol. The number of thiazole rings is 1. The Balaban J connectivity index is 2.13. The summed E-state index contributed by atoms with van der Waals surface area (Å²) >= 11 is 1.35. The van der Waals surface area contributed by atoms with Crippen LogP contribution in [0.15, 0.2) is 23.6 Å². The van der Waals surface area contributed by atoms with Crippen molar-refractivity contribution in [3.8, 4) is 5.75 Å². The number of carbonyl (C=O) groups excluding carboxylic acids is 1. The van der Waals surface area contributed by atoms with Gasteiger partial charge in [-0.25, -0.2) is 4.98 Å². The Morgan fingerprint density at radius 1 is 1.52 bits per heavy atom. The van der Waals surface area contributed by atoms with Crippen LogP contribution in [0.25, 0.3) is 0 Å². The van der Waals surface area contributed by atoms with Crippen LogP contribution in [-0.2, 0) is 13.2 Å². The van der Waals surface area contributed by atoms with Gasteiger partial charge in [-0.3, -0.25) is 4.79 Å².